The van der Waals surface area contributed by atoms with Gasteiger partial charge in [-0.3, -0.25) is 66.6 Å². The number of sulfonamides is 4. The van der Waals surface area contributed by atoms with E-state index in [1.807, 2.05) is 6.07 Å². The molecule has 3 aliphatic heterocycles. The molecule has 35 heteroatoms. The van der Waals surface area contributed by atoms with Crippen molar-refractivity contribution in [3.8, 4) is 23.0 Å². The second-order valence-electron chi connectivity index (χ2n) is 24.5. The molecule has 1 aliphatic carbocycles. The fraction of sp³-hybridized carbons (Fsp3) is 0.253. The van der Waals surface area contributed by atoms with E-state index in [0.29, 0.717) is 89.2 Å². The van der Waals surface area contributed by atoms with Gasteiger partial charge in [0.05, 0.1) is 43.4 Å². The van der Waals surface area contributed by atoms with Gasteiger partial charge in [0.1, 0.15) is 18.1 Å². The first-order valence-electron chi connectivity index (χ1n) is 33.4. The van der Waals surface area contributed by atoms with Crippen LogP contribution in [0.15, 0.2) is 184 Å². The lowest BCUT2D eigenvalue weighted by atomic mass is 10.1. The number of ether oxygens (including phenoxy) is 4. The van der Waals surface area contributed by atoms with Crippen molar-refractivity contribution in [1.29, 1.82) is 0 Å². The van der Waals surface area contributed by atoms with Gasteiger partial charge < -0.3 is 23.8 Å². The van der Waals surface area contributed by atoms with E-state index in [1.54, 1.807) is 95.9 Å². The Morgan fingerprint density at radius 1 is 0.427 bits per heavy atom. The Kier molecular flexibility index (Phi) is 28.8. The first kappa shape index (κ1) is 84.1. The zero-order valence-electron chi connectivity index (χ0n) is 60.0. The number of benzene rings is 7. The topological polar surface area (TPSA) is 383 Å². The Morgan fingerprint density at radius 3 is 1.30 bits per heavy atom. The summed E-state index contributed by atoms with van der Waals surface area (Å²) in [5.74, 6) is 0.703. The lowest BCUT2D eigenvalue weighted by Gasteiger charge is -2.27. The zero-order valence-corrected chi connectivity index (χ0v) is 66.5. The quantitative estimate of drug-likeness (QED) is 0.0473. The van der Waals surface area contributed by atoms with E-state index in [-0.39, 0.29) is 116 Å². The molecule has 1 amide bonds. The third-order valence-electron chi connectivity index (χ3n) is 16.4. The van der Waals surface area contributed by atoms with Crippen LogP contribution in [0.3, 0.4) is 0 Å². The summed E-state index contributed by atoms with van der Waals surface area (Å²) < 4.78 is 132. The van der Waals surface area contributed by atoms with E-state index in [4.69, 9.17) is 18.9 Å². The first-order chi connectivity index (χ1) is 52.1. The molecule has 0 atom stereocenters. The molecule has 12 rings (SSSR count). The van der Waals surface area contributed by atoms with Crippen LogP contribution < -0.4 is 37.4 Å². The van der Waals surface area contributed by atoms with Gasteiger partial charge in [-0.2, -0.15) is 0 Å². The number of Topliss-reactive ketones (excluding diaryl/α,β-unsaturated/α-hetero) is 4. The van der Waals surface area contributed by atoms with Crippen LogP contribution in [0, 0.1) is 0 Å². The third kappa shape index (κ3) is 23.3. The fourth-order valence-electron chi connectivity index (χ4n) is 10.8. The van der Waals surface area contributed by atoms with Gasteiger partial charge in [0.25, 0.3) is 40.1 Å². The molecule has 0 bridgehead atoms. The van der Waals surface area contributed by atoms with Crippen molar-refractivity contribution in [3.05, 3.63) is 209 Å². The Bertz CT molecular complexity index is 5390. The van der Waals surface area contributed by atoms with Crippen molar-refractivity contribution in [2.24, 2.45) is 0 Å². The van der Waals surface area contributed by atoms with E-state index in [0.717, 1.165) is 77.6 Å². The molecule has 3 N–H and O–H groups in total. The maximum Gasteiger partial charge on any atom is 0.264 e. The molecule has 0 fully saturated rings. The highest BCUT2D eigenvalue weighted by molar-refractivity contribution is 8.15. The number of rotatable bonds is 24. The maximum atomic E-state index is 13.0. The lowest BCUT2D eigenvalue weighted by Crippen LogP contribution is -2.34. The van der Waals surface area contributed by atoms with Gasteiger partial charge in [0.2, 0.25) is 12.7 Å². The molecule has 4 heterocycles. The van der Waals surface area contributed by atoms with Crippen LogP contribution in [0.25, 0.3) is 0 Å². The minimum atomic E-state index is -3.94. The average molecular weight is 1650 g/mol. The monoisotopic (exact) mass is 1650 g/mol. The number of carbonyl (C=O) groups is 9. The number of ketones is 4. The highest BCUT2D eigenvalue weighted by atomic mass is 32.2. The van der Waals surface area contributed by atoms with Gasteiger partial charge in [-0.1, -0.05) is 102 Å². The van der Waals surface area contributed by atoms with E-state index in [1.165, 1.54) is 118 Å². The Labute approximate surface area is 653 Å². The molecule has 0 saturated heterocycles. The Morgan fingerprint density at radius 2 is 0.827 bits per heavy atom. The number of fused-ring (bicyclic) bond motifs is 4. The molecule has 7 aromatic carbocycles. The molecular weight excluding hydrogens is 1580 g/mol. The van der Waals surface area contributed by atoms with Crippen molar-refractivity contribution in [2.45, 2.75) is 86.4 Å². The number of hydrogen-bond donors (Lipinski definition) is 3. The number of nitrogens with one attached hydrogen (secondary N) is 3. The molecular formula is C75H74N6O21S8. The summed E-state index contributed by atoms with van der Waals surface area (Å²) >= 11 is 3.66. The lowest BCUT2D eigenvalue weighted by molar-refractivity contribution is -0.129. The molecule has 0 unspecified atom stereocenters. The first-order valence-corrected chi connectivity index (χ1v) is 43.3. The molecule has 8 aromatic rings. The van der Waals surface area contributed by atoms with Crippen LogP contribution in [0.2, 0.25) is 0 Å². The van der Waals surface area contributed by atoms with E-state index in [2.05, 4.69) is 19.2 Å². The summed E-state index contributed by atoms with van der Waals surface area (Å²) in [6.45, 7) is 8.73. The van der Waals surface area contributed by atoms with Crippen LogP contribution in [0.1, 0.15) is 105 Å². The zero-order chi connectivity index (χ0) is 79.7. The standard InChI is InChI=1S/C20H21N3O5S2.C20H21NO4S2.C18H17NO6S2.C17H15NO6S2/c1-13(24)23-7-6-19-16(11-23)9-18(10-21-19)30(27,28)22-17-5-3-4-15(8-17)20(26)12-29-14(2)25;1-14(22)26-13-20(23)17-7-4-8-18(11-17)21(2)27(24,25)19-10-9-15-5-3-6-16(15)12-19;1-12(20)26-11-16(21)13-3-2-4-14(9-13)19-27(22,23)15-5-6-17-18(10-15)25-8-7-24-17;1-11(19)25-9-15(20)12-3-2-4-13(7-12)18-26(21,22)14-5-6-16-17(8-14)24-10-23-16/h3-5,8-10,22H,6-7,11-12H2,1-2H3;4,7-12H,3,5-6,13H2,1-2H3;2-6,9-10,19H,7-8,11H2,1H3;2-8,18H,9-10H2,1H3. The summed E-state index contributed by atoms with van der Waals surface area (Å²) in [6.07, 6.45) is 4.82. The molecule has 27 nitrogen and oxygen atoms in total. The van der Waals surface area contributed by atoms with Crippen LogP contribution >= 0.6 is 47.0 Å². The summed E-state index contributed by atoms with van der Waals surface area (Å²) in [5, 5.41) is -0.601. The van der Waals surface area contributed by atoms with Crippen molar-refractivity contribution in [3.63, 3.8) is 0 Å². The van der Waals surface area contributed by atoms with Crippen molar-refractivity contribution >= 4 is 159 Å². The SMILES string of the molecule is CC(=O)SCC(=O)c1cccc(N(C)S(=O)(=O)c2ccc3c(c2)CCC3)c1.CC(=O)SCC(=O)c1cccc(NS(=O)(=O)c2ccc3c(c2)OCCO3)c1.CC(=O)SCC(=O)c1cccc(NS(=O)(=O)c2ccc3c(c2)OCO3)c1.CC(=O)SCC(=O)c1cccc(NS(=O)(=O)c2cnc3c(c2)CN(C(C)=O)CC3)c1. The maximum absolute atomic E-state index is 13.0. The molecule has 0 spiro atoms. The predicted octanol–water partition coefficient (Wildman–Crippen LogP) is 11.1. The average Bonchev–Trinajstić information content (AvgIpc) is 1.40. The number of carbonyl (C=O) groups excluding carboxylic acids is 9. The summed E-state index contributed by atoms with van der Waals surface area (Å²) in [7, 11) is -13.9. The summed E-state index contributed by atoms with van der Waals surface area (Å²) in [6, 6.07) is 40.3. The summed E-state index contributed by atoms with van der Waals surface area (Å²) in [5.41, 5.74) is 6.28. The predicted molar refractivity (Wildman–Crippen MR) is 421 cm³/mol. The number of aryl methyl sites for hydroxylation is 2. The van der Waals surface area contributed by atoms with Gasteiger partial charge in [-0.25, -0.2) is 33.7 Å². The Hall–Kier alpha value is -9.88. The number of thioether (sulfide) groups is 4. The van der Waals surface area contributed by atoms with Crippen molar-refractivity contribution < 1.29 is 95.8 Å². The minimum absolute atomic E-state index is 0.00702. The van der Waals surface area contributed by atoms with Crippen LogP contribution in [0.4, 0.5) is 22.7 Å². The number of amides is 1. The molecule has 578 valence electrons. The van der Waals surface area contributed by atoms with Gasteiger partial charge in [-0.15, -0.1) is 0 Å². The van der Waals surface area contributed by atoms with Crippen LogP contribution in [0.5, 0.6) is 23.0 Å². The summed E-state index contributed by atoms with van der Waals surface area (Å²) in [4.78, 5) is 110. The second-order valence-corrected chi connectivity index (χ2v) is 36.1. The van der Waals surface area contributed by atoms with E-state index < -0.39 is 40.1 Å². The number of hydrogen-bond acceptors (Lipinski definition) is 26. The van der Waals surface area contributed by atoms with Crippen LogP contribution in [-0.4, -0.2) is 150 Å². The number of nitrogens with zero attached hydrogens (tertiary/aromatic N) is 3. The Balaban J connectivity index is 0.000000169. The van der Waals surface area contributed by atoms with E-state index >= 15 is 0 Å². The molecule has 1 aromatic heterocycles. The normalized spacial score (nSPS) is 13.1. The fourth-order valence-corrected chi connectivity index (χ4v) is 17.3. The van der Waals surface area contributed by atoms with Gasteiger partial charge in [-0.05, 0) is 127 Å². The molecule has 0 saturated carbocycles. The van der Waals surface area contributed by atoms with Crippen molar-refractivity contribution in [1.82, 2.24) is 9.88 Å². The number of aromatic nitrogens is 1. The smallest absolute Gasteiger partial charge is 0.264 e. The number of pyridine rings is 1. The molecule has 0 radical (unpaired) electrons. The third-order valence-corrected chi connectivity index (χ3v) is 25.6. The number of anilines is 4. The van der Waals surface area contributed by atoms with Crippen LogP contribution in [-0.2, 0) is 89.9 Å². The van der Waals surface area contributed by atoms with Gasteiger partial charge in [0.15, 0.2) is 66.6 Å². The highest BCUT2D eigenvalue weighted by Gasteiger charge is 2.28. The highest BCUT2D eigenvalue weighted by Crippen LogP contribution is 2.36. The van der Waals surface area contributed by atoms with E-state index in [9.17, 15) is 76.8 Å². The molecule has 4 aliphatic rings. The largest absolute Gasteiger partial charge is 0.486 e. The second kappa shape index (κ2) is 37.7. The van der Waals surface area contributed by atoms with Gasteiger partial charge >= 0.3 is 0 Å². The minimum Gasteiger partial charge on any atom is -0.486 e. The van der Waals surface area contributed by atoms with Gasteiger partial charge in [0, 0.05) is 125 Å². The molecule has 110 heavy (non-hydrogen) atoms. The van der Waals surface area contributed by atoms with Crippen molar-refractivity contribution in [2.75, 3.05) is 75.1 Å².